The quantitative estimate of drug-likeness (QED) is 0.233. The lowest BCUT2D eigenvalue weighted by Gasteiger charge is -2.20. The van der Waals surface area contributed by atoms with Gasteiger partial charge in [-0.2, -0.15) is 9.97 Å². The van der Waals surface area contributed by atoms with E-state index >= 15 is 0 Å². The smallest absolute Gasteiger partial charge is 0.339 e. The van der Waals surface area contributed by atoms with E-state index in [1.807, 2.05) is 56.3 Å². The molecule has 0 bridgehead atoms. The van der Waals surface area contributed by atoms with Crippen molar-refractivity contribution >= 4 is 23.4 Å². The largest absolute Gasteiger partial charge is 0.451 e. The Morgan fingerprint density at radius 1 is 0.975 bits per heavy atom. The zero-order valence-electron chi connectivity index (χ0n) is 21.7. The molecule has 6 rings (SSSR count). The van der Waals surface area contributed by atoms with Crippen LogP contribution >= 0.6 is 0 Å². The number of carbonyl (C=O) groups is 1. The van der Waals surface area contributed by atoms with Crippen LogP contribution in [0.2, 0.25) is 0 Å². The van der Waals surface area contributed by atoms with Crippen LogP contribution in [0.15, 0.2) is 83.6 Å². The van der Waals surface area contributed by atoms with Crippen LogP contribution in [0.5, 0.6) is 0 Å². The van der Waals surface area contributed by atoms with Gasteiger partial charge in [-0.1, -0.05) is 41.6 Å². The highest BCUT2D eigenvalue weighted by molar-refractivity contribution is 5.95. The predicted molar refractivity (Wildman–Crippen MR) is 147 cm³/mol. The van der Waals surface area contributed by atoms with Crippen LogP contribution in [0.4, 0.5) is 17.5 Å². The third-order valence-corrected chi connectivity index (χ3v) is 6.53. The topological polar surface area (TPSA) is 148 Å². The highest BCUT2D eigenvalue weighted by Crippen LogP contribution is 2.38. The maximum absolute atomic E-state index is 12.2. The van der Waals surface area contributed by atoms with Gasteiger partial charge in [-0.25, -0.2) is 9.78 Å². The van der Waals surface area contributed by atoms with E-state index in [9.17, 15) is 9.90 Å². The molecule has 1 aliphatic rings. The molecular formula is C29H25N7O4. The van der Waals surface area contributed by atoms with Crippen molar-refractivity contribution < 1.29 is 19.2 Å². The monoisotopic (exact) mass is 535 g/mol. The molecule has 2 aromatic carbocycles. The first kappa shape index (κ1) is 25.1. The molecule has 0 saturated carbocycles. The molecule has 0 spiro atoms. The Labute approximate surface area is 229 Å². The van der Waals surface area contributed by atoms with Crippen LogP contribution in [0.1, 0.15) is 41.4 Å². The Bertz CT molecular complexity index is 1670. The number of benzene rings is 2. The molecule has 0 saturated heterocycles. The normalized spacial score (nSPS) is 14.3. The van der Waals surface area contributed by atoms with Gasteiger partial charge in [-0.05, 0) is 49.7 Å². The number of pyridine rings is 1. The number of hydrogen-bond acceptors (Lipinski definition) is 11. The van der Waals surface area contributed by atoms with Crippen LogP contribution in [0.3, 0.4) is 0 Å². The van der Waals surface area contributed by atoms with Gasteiger partial charge in [0, 0.05) is 23.6 Å². The first-order valence-corrected chi connectivity index (χ1v) is 12.6. The minimum Gasteiger partial charge on any atom is -0.451 e. The Morgan fingerprint density at radius 3 is 2.58 bits per heavy atom. The number of fused-ring (bicyclic) bond motifs is 1. The first-order valence-electron chi connectivity index (χ1n) is 12.6. The van der Waals surface area contributed by atoms with E-state index in [4.69, 9.17) is 14.2 Å². The molecule has 3 N–H and O–H groups in total. The molecule has 1 unspecified atom stereocenters. The summed E-state index contributed by atoms with van der Waals surface area (Å²) in [4.78, 5) is 30.1. The summed E-state index contributed by atoms with van der Waals surface area (Å²) in [6.45, 7) is 3.50. The van der Waals surface area contributed by atoms with E-state index in [2.05, 4.69) is 30.7 Å². The summed E-state index contributed by atoms with van der Waals surface area (Å²) in [6, 6.07) is 19.8. The molecule has 5 aromatic rings. The fraction of sp³-hybridized carbons (Fsp3) is 0.172. The van der Waals surface area contributed by atoms with Crippen LogP contribution < -0.4 is 10.6 Å². The Balaban J connectivity index is 1.36. The first-order chi connectivity index (χ1) is 19.4. The average molecular weight is 536 g/mol. The number of carbonyl (C=O) groups excluding carboxylic acids is 1. The highest BCUT2D eigenvalue weighted by Gasteiger charge is 2.37. The van der Waals surface area contributed by atoms with Crippen molar-refractivity contribution in [2.45, 2.75) is 25.5 Å². The van der Waals surface area contributed by atoms with Gasteiger partial charge in [0.15, 0.2) is 0 Å². The number of aromatic nitrogens is 5. The van der Waals surface area contributed by atoms with Gasteiger partial charge in [-0.3, -0.25) is 4.98 Å². The number of nitrogens with one attached hydrogen (secondary N) is 2. The van der Waals surface area contributed by atoms with Crippen molar-refractivity contribution in [1.82, 2.24) is 25.1 Å². The number of ether oxygens (including phenoxy) is 1. The van der Waals surface area contributed by atoms with Crippen molar-refractivity contribution in [2.75, 3.05) is 17.2 Å². The SMILES string of the molecule is CC1(C)OC(=O)c2ccc(Nc3ncc(-c4nc(-c5ccccn5)no4)c(NC(CO)c4ccccc4)n3)cc21. The van der Waals surface area contributed by atoms with Gasteiger partial charge < -0.3 is 25.0 Å². The molecule has 11 nitrogen and oxygen atoms in total. The van der Waals surface area contributed by atoms with Gasteiger partial charge in [0.2, 0.25) is 11.8 Å². The molecule has 1 atom stereocenters. The van der Waals surface area contributed by atoms with Gasteiger partial charge >= 0.3 is 5.97 Å². The summed E-state index contributed by atoms with van der Waals surface area (Å²) in [6.07, 6.45) is 3.21. The zero-order chi connectivity index (χ0) is 27.7. The zero-order valence-corrected chi connectivity index (χ0v) is 21.7. The number of hydrogen-bond donors (Lipinski definition) is 3. The van der Waals surface area contributed by atoms with Crippen LogP contribution in [-0.4, -0.2) is 42.8 Å². The molecule has 0 aliphatic carbocycles. The Morgan fingerprint density at radius 2 is 1.80 bits per heavy atom. The van der Waals surface area contributed by atoms with Crippen LogP contribution in [-0.2, 0) is 10.3 Å². The van der Waals surface area contributed by atoms with Crippen LogP contribution in [0, 0.1) is 0 Å². The van der Waals surface area contributed by atoms with E-state index in [-0.39, 0.29) is 24.4 Å². The van der Waals surface area contributed by atoms with E-state index in [0.29, 0.717) is 34.2 Å². The van der Waals surface area contributed by atoms with Gasteiger partial charge in [-0.15, -0.1) is 0 Å². The molecule has 3 aromatic heterocycles. The van der Waals surface area contributed by atoms with Gasteiger partial charge in [0.1, 0.15) is 22.7 Å². The van der Waals surface area contributed by atoms with E-state index in [1.165, 1.54) is 0 Å². The molecule has 200 valence electrons. The number of cyclic esters (lactones) is 1. The van der Waals surface area contributed by atoms with E-state index in [0.717, 1.165) is 11.1 Å². The molecule has 0 amide bonds. The summed E-state index contributed by atoms with van der Waals surface area (Å²) < 4.78 is 11.0. The molecule has 4 heterocycles. The number of aliphatic hydroxyl groups excluding tert-OH is 1. The number of aliphatic hydroxyl groups is 1. The second-order valence-corrected chi connectivity index (χ2v) is 9.67. The van der Waals surface area contributed by atoms with Crippen molar-refractivity contribution in [1.29, 1.82) is 0 Å². The lowest BCUT2D eigenvalue weighted by Crippen LogP contribution is -2.17. The highest BCUT2D eigenvalue weighted by atomic mass is 16.6. The summed E-state index contributed by atoms with van der Waals surface area (Å²) in [5, 5.41) is 20.8. The van der Waals surface area contributed by atoms with Gasteiger partial charge in [0.05, 0.1) is 18.2 Å². The second-order valence-electron chi connectivity index (χ2n) is 9.67. The average Bonchev–Trinajstić information content (AvgIpc) is 3.55. The summed E-state index contributed by atoms with van der Waals surface area (Å²) in [7, 11) is 0. The standard InChI is InChI=1S/C29H25N7O4/c1-29(2)21-14-18(11-12-19(21)27(38)39-29)32-28-31-15-20(26-34-25(36-40-26)22-10-6-7-13-30-22)24(35-28)33-23(16-37)17-8-4-3-5-9-17/h3-15,23,37H,16H2,1-2H3,(H2,31,32,33,35). The van der Waals surface area contributed by atoms with Gasteiger partial charge in [0.25, 0.3) is 5.89 Å². The molecule has 1 aliphatic heterocycles. The third kappa shape index (κ3) is 4.85. The molecule has 0 radical (unpaired) electrons. The molecule has 11 heteroatoms. The summed E-state index contributed by atoms with van der Waals surface area (Å²) in [5.41, 5.74) is 3.12. The van der Waals surface area contributed by atoms with Crippen molar-refractivity contribution in [3.63, 3.8) is 0 Å². The summed E-state index contributed by atoms with van der Waals surface area (Å²) in [5.74, 6) is 0.816. The number of anilines is 3. The Kier molecular flexibility index (Phi) is 6.40. The van der Waals surface area contributed by atoms with Crippen LogP contribution in [0.25, 0.3) is 23.0 Å². The summed E-state index contributed by atoms with van der Waals surface area (Å²) >= 11 is 0. The maximum Gasteiger partial charge on any atom is 0.339 e. The second kappa shape index (κ2) is 10.2. The maximum atomic E-state index is 12.2. The number of nitrogens with zero attached hydrogens (tertiary/aromatic N) is 5. The molecule has 40 heavy (non-hydrogen) atoms. The lowest BCUT2D eigenvalue weighted by molar-refractivity contribution is 0.00954. The fourth-order valence-corrected chi connectivity index (χ4v) is 4.49. The fourth-order valence-electron chi connectivity index (χ4n) is 4.49. The minimum absolute atomic E-state index is 0.187. The third-order valence-electron chi connectivity index (χ3n) is 6.53. The molecular weight excluding hydrogens is 510 g/mol. The van der Waals surface area contributed by atoms with Crippen molar-refractivity contribution in [3.05, 3.63) is 95.8 Å². The number of rotatable bonds is 8. The minimum atomic E-state index is -0.741. The number of esters is 1. The van der Waals surface area contributed by atoms with E-state index < -0.39 is 11.6 Å². The van der Waals surface area contributed by atoms with E-state index in [1.54, 1.807) is 36.7 Å². The predicted octanol–water partition coefficient (Wildman–Crippen LogP) is 4.88. The Hall–Kier alpha value is -5.16. The van der Waals surface area contributed by atoms with Crippen molar-refractivity contribution in [3.8, 4) is 23.0 Å². The van der Waals surface area contributed by atoms with Crippen molar-refractivity contribution in [2.24, 2.45) is 0 Å². The molecule has 0 fully saturated rings. The lowest BCUT2D eigenvalue weighted by atomic mass is 9.95.